The molecule has 0 bridgehead atoms. The number of benzene rings is 1. The van der Waals surface area contributed by atoms with Gasteiger partial charge in [0, 0.05) is 38.7 Å². The van der Waals surface area contributed by atoms with Crippen molar-refractivity contribution in [3.8, 4) is 0 Å². The Morgan fingerprint density at radius 1 is 1.00 bits per heavy atom. The molecule has 1 heterocycles. The van der Waals surface area contributed by atoms with Gasteiger partial charge in [-0.15, -0.1) is 0 Å². The van der Waals surface area contributed by atoms with E-state index in [1.165, 1.54) is 6.92 Å². The molecule has 0 radical (unpaired) electrons. The summed E-state index contributed by atoms with van der Waals surface area (Å²) in [5.74, 6) is -0.306. The summed E-state index contributed by atoms with van der Waals surface area (Å²) in [6.45, 7) is 9.34. The second kappa shape index (κ2) is 8.14. The average Bonchev–Trinajstić information content (AvgIpc) is 2.59. The van der Waals surface area contributed by atoms with E-state index in [2.05, 4.69) is 5.32 Å². The molecular formula is C19H27N3O3. The average molecular weight is 345 g/mol. The highest BCUT2D eigenvalue weighted by Gasteiger charge is 2.31. The van der Waals surface area contributed by atoms with Gasteiger partial charge in [-0.05, 0) is 24.5 Å². The molecule has 6 nitrogen and oxygen atoms in total. The zero-order valence-electron chi connectivity index (χ0n) is 15.4. The molecule has 2 rings (SSSR count). The molecule has 0 spiro atoms. The molecular weight excluding hydrogens is 318 g/mol. The summed E-state index contributed by atoms with van der Waals surface area (Å²) in [6, 6.07) is 6.76. The maximum Gasteiger partial charge on any atom is 0.252 e. The number of amides is 3. The third kappa shape index (κ3) is 4.59. The van der Waals surface area contributed by atoms with Crippen molar-refractivity contribution in [3.05, 3.63) is 35.4 Å². The van der Waals surface area contributed by atoms with Crippen molar-refractivity contribution in [2.75, 3.05) is 26.2 Å². The van der Waals surface area contributed by atoms with Crippen molar-refractivity contribution < 1.29 is 14.4 Å². The first-order chi connectivity index (χ1) is 11.8. The van der Waals surface area contributed by atoms with Crippen LogP contribution in [0.2, 0.25) is 0 Å². The number of hydrogen-bond donors (Lipinski definition) is 1. The van der Waals surface area contributed by atoms with Gasteiger partial charge in [-0.25, -0.2) is 0 Å². The predicted octanol–water partition coefficient (Wildman–Crippen LogP) is 1.44. The van der Waals surface area contributed by atoms with Crippen LogP contribution in [0, 0.1) is 12.8 Å². The van der Waals surface area contributed by atoms with E-state index in [1.54, 1.807) is 15.9 Å². The predicted molar refractivity (Wildman–Crippen MR) is 96.1 cm³/mol. The summed E-state index contributed by atoms with van der Waals surface area (Å²) in [4.78, 5) is 40.3. The van der Waals surface area contributed by atoms with E-state index < -0.39 is 6.04 Å². The van der Waals surface area contributed by atoms with Crippen LogP contribution >= 0.6 is 0 Å². The van der Waals surface area contributed by atoms with E-state index in [9.17, 15) is 14.4 Å². The van der Waals surface area contributed by atoms with E-state index in [0.717, 1.165) is 5.56 Å². The Hall–Kier alpha value is -2.37. The summed E-state index contributed by atoms with van der Waals surface area (Å²) in [6.07, 6.45) is 0. The Kier molecular flexibility index (Phi) is 6.17. The monoisotopic (exact) mass is 345 g/mol. The Balaban J connectivity index is 2.05. The molecule has 6 heteroatoms. The van der Waals surface area contributed by atoms with E-state index in [-0.39, 0.29) is 23.6 Å². The van der Waals surface area contributed by atoms with Crippen LogP contribution < -0.4 is 5.32 Å². The van der Waals surface area contributed by atoms with Gasteiger partial charge in [0.15, 0.2) is 0 Å². The molecule has 1 atom stereocenters. The first-order valence-corrected chi connectivity index (χ1v) is 8.72. The highest BCUT2D eigenvalue weighted by molar-refractivity contribution is 5.98. The van der Waals surface area contributed by atoms with E-state index >= 15 is 0 Å². The smallest absolute Gasteiger partial charge is 0.252 e. The number of nitrogens with one attached hydrogen (secondary N) is 1. The number of piperazine rings is 1. The second-order valence-corrected chi connectivity index (χ2v) is 6.84. The molecule has 1 aromatic rings. The van der Waals surface area contributed by atoms with Crippen LogP contribution in [0.3, 0.4) is 0 Å². The van der Waals surface area contributed by atoms with Crippen LogP contribution in [0.15, 0.2) is 24.3 Å². The fourth-order valence-electron chi connectivity index (χ4n) is 3.00. The maximum atomic E-state index is 12.9. The SMILES string of the molecule is CC(=O)N1CCN(C(=O)C(NC(=O)c2ccccc2C)C(C)C)CC1. The van der Waals surface area contributed by atoms with E-state index in [1.807, 2.05) is 39.0 Å². The zero-order valence-corrected chi connectivity index (χ0v) is 15.4. The number of carbonyl (C=O) groups is 3. The standard InChI is InChI=1S/C19H27N3O3/c1-13(2)17(20-18(24)16-8-6-5-7-14(16)3)19(25)22-11-9-21(10-12-22)15(4)23/h5-8,13,17H,9-12H2,1-4H3,(H,20,24). The summed E-state index contributed by atoms with van der Waals surface area (Å²) in [5.41, 5.74) is 1.47. The van der Waals surface area contributed by atoms with Gasteiger partial charge in [0.2, 0.25) is 11.8 Å². The molecule has 1 aliphatic heterocycles. The highest BCUT2D eigenvalue weighted by Crippen LogP contribution is 2.12. The molecule has 1 aromatic carbocycles. The van der Waals surface area contributed by atoms with Gasteiger partial charge >= 0.3 is 0 Å². The molecule has 0 aromatic heterocycles. The molecule has 1 N–H and O–H groups in total. The van der Waals surface area contributed by atoms with Crippen molar-refractivity contribution in [1.82, 2.24) is 15.1 Å². The molecule has 1 saturated heterocycles. The lowest BCUT2D eigenvalue weighted by atomic mass is 10.0. The van der Waals surface area contributed by atoms with E-state index in [4.69, 9.17) is 0 Å². The zero-order chi connectivity index (χ0) is 18.6. The Morgan fingerprint density at radius 3 is 2.08 bits per heavy atom. The number of aryl methyl sites for hydroxylation is 1. The van der Waals surface area contributed by atoms with Crippen LogP contribution in [-0.4, -0.2) is 59.7 Å². The van der Waals surface area contributed by atoms with Crippen LogP contribution in [-0.2, 0) is 9.59 Å². The van der Waals surface area contributed by atoms with E-state index in [0.29, 0.717) is 31.7 Å². The minimum atomic E-state index is -0.573. The fourth-order valence-corrected chi connectivity index (χ4v) is 3.00. The van der Waals surface area contributed by atoms with Gasteiger partial charge in [-0.1, -0.05) is 32.0 Å². The molecule has 1 aliphatic rings. The fraction of sp³-hybridized carbons (Fsp3) is 0.526. The molecule has 25 heavy (non-hydrogen) atoms. The van der Waals surface area contributed by atoms with Crippen LogP contribution in [0.5, 0.6) is 0 Å². The molecule has 1 fully saturated rings. The Labute approximate surface area is 149 Å². The van der Waals surface area contributed by atoms with Crippen LogP contribution in [0.25, 0.3) is 0 Å². The molecule has 1 unspecified atom stereocenters. The summed E-state index contributed by atoms with van der Waals surface area (Å²) in [7, 11) is 0. The first kappa shape index (κ1) is 19.0. The molecule has 3 amide bonds. The summed E-state index contributed by atoms with van der Waals surface area (Å²) < 4.78 is 0. The van der Waals surface area contributed by atoms with Crippen molar-refractivity contribution in [2.45, 2.75) is 33.7 Å². The van der Waals surface area contributed by atoms with Crippen LogP contribution in [0.4, 0.5) is 0 Å². The maximum absolute atomic E-state index is 12.9. The van der Waals surface area contributed by atoms with Gasteiger partial charge in [0.1, 0.15) is 6.04 Å². The summed E-state index contributed by atoms with van der Waals surface area (Å²) >= 11 is 0. The highest BCUT2D eigenvalue weighted by atomic mass is 16.2. The molecule has 0 aliphatic carbocycles. The van der Waals surface area contributed by atoms with Crippen molar-refractivity contribution >= 4 is 17.7 Å². The molecule has 0 saturated carbocycles. The number of carbonyl (C=O) groups excluding carboxylic acids is 3. The third-order valence-electron chi connectivity index (χ3n) is 4.65. The minimum Gasteiger partial charge on any atom is -0.340 e. The second-order valence-electron chi connectivity index (χ2n) is 6.84. The lowest BCUT2D eigenvalue weighted by Crippen LogP contribution is -2.57. The number of hydrogen-bond acceptors (Lipinski definition) is 3. The lowest BCUT2D eigenvalue weighted by molar-refractivity contribution is -0.140. The van der Waals surface area contributed by atoms with Gasteiger partial charge in [-0.2, -0.15) is 0 Å². The van der Waals surface area contributed by atoms with Gasteiger partial charge in [-0.3, -0.25) is 14.4 Å². The summed E-state index contributed by atoms with van der Waals surface area (Å²) in [5, 5.41) is 2.89. The third-order valence-corrected chi connectivity index (χ3v) is 4.65. The Bertz CT molecular complexity index is 649. The van der Waals surface area contributed by atoms with Crippen molar-refractivity contribution in [3.63, 3.8) is 0 Å². The van der Waals surface area contributed by atoms with Gasteiger partial charge in [0.05, 0.1) is 0 Å². The topological polar surface area (TPSA) is 69.7 Å². The largest absolute Gasteiger partial charge is 0.340 e. The van der Waals surface area contributed by atoms with Crippen molar-refractivity contribution in [1.29, 1.82) is 0 Å². The molecule has 136 valence electrons. The Morgan fingerprint density at radius 2 is 1.56 bits per heavy atom. The van der Waals surface area contributed by atoms with Crippen molar-refractivity contribution in [2.24, 2.45) is 5.92 Å². The van der Waals surface area contributed by atoms with Gasteiger partial charge in [0.25, 0.3) is 5.91 Å². The quantitative estimate of drug-likeness (QED) is 0.898. The van der Waals surface area contributed by atoms with Crippen LogP contribution in [0.1, 0.15) is 36.7 Å². The number of rotatable bonds is 4. The first-order valence-electron chi connectivity index (χ1n) is 8.72. The normalized spacial score (nSPS) is 15.9. The van der Waals surface area contributed by atoms with Gasteiger partial charge < -0.3 is 15.1 Å². The minimum absolute atomic E-state index is 0.0219. The lowest BCUT2D eigenvalue weighted by Gasteiger charge is -2.37. The number of nitrogens with zero attached hydrogens (tertiary/aromatic N) is 2.